The van der Waals surface area contributed by atoms with E-state index >= 15 is 0 Å². The zero-order valence-corrected chi connectivity index (χ0v) is 11.1. The molecule has 19 heavy (non-hydrogen) atoms. The van der Waals surface area contributed by atoms with Crippen molar-refractivity contribution in [2.24, 2.45) is 5.92 Å². The number of hydrogen-bond donors (Lipinski definition) is 0. The van der Waals surface area contributed by atoms with E-state index in [-0.39, 0.29) is 11.9 Å². The molecule has 0 radical (unpaired) electrons. The van der Waals surface area contributed by atoms with Crippen LogP contribution in [0.4, 0.5) is 0 Å². The van der Waals surface area contributed by atoms with E-state index < -0.39 is 0 Å². The van der Waals surface area contributed by atoms with Crippen molar-refractivity contribution in [3.8, 4) is 0 Å². The van der Waals surface area contributed by atoms with Gasteiger partial charge in [-0.2, -0.15) is 0 Å². The number of esters is 1. The first kappa shape index (κ1) is 12.0. The largest absolute Gasteiger partial charge is 0.463 e. The fraction of sp³-hybridized carbons (Fsp3) is 0.235. The Morgan fingerprint density at radius 3 is 2.68 bits per heavy atom. The van der Waals surface area contributed by atoms with Crippen LogP contribution in [0.3, 0.4) is 0 Å². The van der Waals surface area contributed by atoms with Gasteiger partial charge in [-0.05, 0) is 28.8 Å². The normalized spacial score (nSPS) is 17.7. The smallest absolute Gasteiger partial charge is 0.334 e. The van der Waals surface area contributed by atoms with Gasteiger partial charge in [0.15, 0.2) is 0 Å². The van der Waals surface area contributed by atoms with Crippen LogP contribution in [0.5, 0.6) is 0 Å². The van der Waals surface area contributed by atoms with Crippen molar-refractivity contribution in [1.82, 2.24) is 0 Å². The molecule has 0 heterocycles. The lowest BCUT2D eigenvalue weighted by molar-refractivity contribution is -0.138. The summed E-state index contributed by atoms with van der Waals surface area (Å²) in [5.74, 6) is 0.0443. The molecule has 0 amide bonds. The molecule has 1 unspecified atom stereocenters. The Hall–Kier alpha value is -2.09. The van der Waals surface area contributed by atoms with Gasteiger partial charge in [-0.3, -0.25) is 0 Å². The molecule has 2 nitrogen and oxygen atoms in total. The first-order valence-corrected chi connectivity index (χ1v) is 6.63. The van der Waals surface area contributed by atoms with E-state index in [1.165, 1.54) is 10.8 Å². The Kier molecular flexibility index (Phi) is 2.86. The van der Waals surface area contributed by atoms with Crippen LogP contribution >= 0.6 is 0 Å². The van der Waals surface area contributed by atoms with E-state index in [9.17, 15) is 4.79 Å². The third-order valence-electron chi connectivity index (χ3n) is 3.65. The van der Waals surface area contributed by atoms with Crippen molar-refractivity contribution >= 4 is 22.3 Å². The maximum absolute atomic E-state index is 11.9. The van der Waals surface area contributed by atoms with E-state index in [1.54, 1.807) is 0 Å². The lowest BCUT2D eigenvalue weighted by Crippen LogP contribution is -2.02. The number of carbonyl (C=O) groups is 1. The molecule has 2 aromatic carbocycles. The molecule has 0 spiro atoms. The summed E-state index contributed by atoms with van der Waals surface area (Å²) in [4.78, 5) is 11.9. The molecule has 2 aromatic rings. The Morgan fingerprint density at radius 1 is 1.16 bits per heavy atom. The lowest BCUT2D eigenvalue weighted by Gasteiger charge is -2.02. The molecular formula is C17H16O2. The highest BCUT2D eigenvalue weighted by atomic mass is 16.5. The zero-order valence-electron chi connectivity index (χ0n) is 11.1. The van der Waals surface area contributed by atoms with Crippen LogP contribution in [0, 0.1) is 5.92 Å². The standard InChI is InChI=1S/C17H16O2/c1-3-19-17(18)16-11(2)15(16)14-10-6-8-12-7-4-5-9-13(12)14/h4-11H,3H2,1-2H3. The summed E-state index contributed by atoms with van der Waals surface area (Å²) < 4.78 is 5.10. The van der Waals surface area contributed by atoms with E-state index in [1.807, 2.05) is 25.1 Å². The van der Waals surface area contributed by atoms with Crippen LogP contribution in [0.25, 0.3) is 16.3 Å². The minimum atomic E-state index is -0.169. The maximum Gasteiger partial charge on any atom is 0.334 e. The quantitative estimate of drug-likeness (QED) is 0.776. The van der Waals surface area contributed by atoms with Gasteiger partial charge in [-0.1, -0.05) is 49.4 Å². The minimum Gasteiger partial charge on any atom is -0.463 e. The van der Waals surface area contributed by atoms with Crippen molar-refractivity contribution < 1.29 is 9.53 Å². The number of benzene rings is 2. The Morgan fingerprint density at radius 2 is 1.89 bits per heavy atom. The summed E-state index contributed by atoms with van der Waals surface area (Å²) in [6.07, 6.45) is 0. The van der Waals surface area contributed by atoms with Gasteiger partial charge in [0.2, 0.25) is 0 Å². The van der Waals surface area contributed by atoms with Crippen molar-refractivity contribution in [3.63, 3.8) is 0 Å². The maximum atomic E-state index is 11.9. The van der Waals surface area contributed by atoms with E-state index in [4.69, 9.17) is 4.74 Å². The first-order chi connectivity index (χ1) is 9.24. The van der Waals surface area contributed by atoms with E-state index in [2.05, 4.69) is 31.2 Å². The van der Waals surface area contributed by atoms with Crippen molar-refractivity contribution in [1.29, 1.82) is 0 Å². The van der Waals surface area contributed by atoms with Gasteiger partial charge in [0.1, 0.15) is 0 Å². The molecule has 0 saturated heterocycles. The summed E-state index contributed by atoms with van der Waals surface area (Å²) in [5.41, 5.74) is 3.13. The molecule has 0 saturated carbocycles. The second kappa shape index (κ2) is 4.54. The van der Waals surface area contributed by atoms with Gasteiger partial charge < -0.3 is 4.74 Å². The second-order valence-corrected chi connectivity index (χ2v) is 4.80. The monoisotopic (exact) mass is 252 g/mol. The molecule has 0 N–H and O–H groups in total. The van der Waals surface area contributed by atoms with Crippen LogP contribution in [-0.2, 0) is 9.53 Å². The molecule has 1 aliphatic carbocycles. The summed E-state index contributed by atoms with van der Waals surface area (Å²) in [6.45, 7) is 4.32. The van der Waals surface area contributed by atoms with E-state index in [0.29, 0.717) is 6.61 Å². The number of allylic oxidation sites excluding steroid dienone is 1. The summed E-state index contributed by atoms with van der Waals surface area (Å²) in [5, 5.41) is 2.40. The summed E-state index contributed by atoms with van der Waals surface area (Å²) >= 11 is 0. The van der Waals surface area contributed by atoms with E-state index in [0.717, 1.165) is 16.7 Å². The van der Waals surface area contributed by atoms with Gasteiger partial charge in [0.05, 0.1) is 6.61 Å². The fourth-order valence-corrected chi connectivity index (χ4v) is 2.67. The van der Waals surface area contributed by atoms with Gasteiger partial charge in [-0.15, -0.1) is 0 Å². The number of hydrogen-bond acceptors (Lipinski definition) is 2. The van der Waals surface area contributed by atoms with Crippen LogP contribution in [0.2, 0.25) is 0 Å². The zero-order chi connectivity index (χ0) is 13.4. The number of fused-ring (bicyclic) bond motifs is 1. The average Bonchev–Trinajstić information content (AvgIpc) is 3.10. The van der Waals surface area contributed by atoms with Crippen LogP contribution in [-0.4, -0.2) is 12.6 Å². The molecular weight excluding hydrogens is 236 g/mol. The fourth-order valence-electron chi connectivity index (χ4n) is 2.67. The topological polar surface area (TPSA) is 26.3 Å². The third kappa shape index (κ3) is 1.93. The third-order valence-corrected chi connectivity index (χ3v) is 3.65. The molecule has 1 atom stereocenters. The molecule has 1 aliphatic rings. The molecule has 3 rings (SSSR count). The van der Waals surface area contributed by atoms with Crippen LogP contribution in [0.1, 0.15) is 19.4 Å². The molecule has 0 aromatic heterocycles. The Bertz CT molecular complexity index is 677. The predicted octanol–water partition coefficient (Wildman–Crippen LogP) is 3.81. The Balaban J connectivity index is 2.09. The number of carbonyl (C=O) groups excluding carboxylic acids is 1. The molecule has 2 heteroatoms. The summed E-state index contributed by atoms with van der Waals surface area (Å²) in [7, 11) is 0. The first-order valence-electron chi connectivity index (χ1n) is 6.63. The SMILES string of the molecule is CCOC(=O)C1=C(c2cccc3ccccc23)C1C. The predicted molar refractivity (Wildman–Crippen MR) is 76.7 cm³/mol. The van der Waals surface area contributed by atoms with Crippen molar-refractivity contribution in [2.75, 3.05) is 6.61 Å². The number of rotatable bonds is 3. The summed E-state index contributed by atoms with van der Waals surface area (Å²) in [6, 6.07) is 14.5. The second-order valence-electron chi connectivity index (χ2n) is 4.80. The molecule has 0 aliphatic heterocycles. The van der Waals surface area contributed by atoms with Crippen molar-refractivity contribution in [3.05, 3.63) is 53.6 Å². The average molecular weight is 252 g/mol. The van der Waals surface area contributed by atoms with Gasteiger partial charge in [0.25, 0.3) is 0 Å². The van der Waals surface area contributed by atoms with Gasteiger partial charge in [0, 0.05) is 11.5 Å². The van der Waals surface area contributed by atoms with Crippen LogP contribution < -0.4 is 0 Å². The van der Waals surface area contributed by atoms with Gasteiger partial charge in [-0.25, -0.2) is 4.79 Å². The molecule has 0 bridgehead atoms. The number of ether oxygens (including phenoxy) is 1. The van der Waals surface area contributed by atoms with Crippen molar-refractivity contribution in [2.45, 2.75) is 13.8 Å². The Labute approximate surface area is 112 Å². The highest BCUT2D eigenvalue weighted by molar-refractivity contribution is 6.13. The minimum absolute atomic E-state index is 0.169. The lowest BCUT2D eigenvalue weighted by atomic mass is 10.0. The van der Waals surface area contributed by atoms with Gasteiger partial charge >= 0.3 is 5.97 Å². The highest BCUT2D eigenvalue weighted by Crippen LogP contribution is 2.48. The molecule has 96 valence electrons. The van der Waals surface area contributed by atoms with Crippen LogP contribution in [0.15, 0.2) is 48.0 Å². The highest BCUT2D eigenvalue weighted by Gasteiger charge is 2.39. The molecule has 0 fully saturated rings.